The Labute approximate surface area is 273 Å². The SMILES string of the molecule is O=C(Nc1cccc([C@@H]2O[C@H](CSc3nnnn3-c3ccc(O)cc3)C[C@H](c3ccc(CO)cc3)O2)c1)c1c(F)c(F)c(F)c(F)c1F. The smallest absolute Gasteiger partial charge is 0.261 e. The Balaban J connectivity index is 1.24. The summed E-state index contributed by atoms with van der Waals surface area (Å²) in [4.78, 5) is 12.7. The van der Waals surface area contributed by atoms with Crippen LogP contribution in [-0.2, 0) is 16.1 Å². The fourth-order valence-corrected chi connectivity index (χ4v) is 5.88. The number of aromatic hydroxyl groups is 1. The third-order valence-corrected chi connectivity index (χ3v) is 8.45. The van der Waals surface area contributed by atoms with Gasteiger partial charge in [0.15, 0.2) is 29.6 Å². The van der Waals surface area contributed by atoms with E-state index in [1.165, 1.54) is 46.8 Å². The maximum atomic E-state index is 14.3. The molecule has 1 saturated heterocycles. The number of amides is 1. The molecule has 0 bridgehead atoms. The van der Waals surface area contributed by atoms with Crippen molar-refractivity contribution in [2.75, 3.05) is 11.1 Å². The molecule has 1 aliphatic heterocycles. The molecule has 16 heteroatoms. The lowest BCUT2D eigenvalue weighted by atomic mass is 10.0. The summed E-state index contributed by atoms with van der Waals surface area (Å²) < 4.78 is 83.6. The first kappa shape index (κ1) is 33.0. The van der Waals surface area contributed by atoms with Crippen LogP contribution >= 0.6 is 11.8 Å². The number of halogens is 5. The number of tetrazole rings is 1. The number of hydrogen-bond acceptors (Lipinski definition) is 9. The molecule has 1 fully saturated rings. The Hall–Kier alpha value is -4.90. The second kappa shape index (κ2) is 14.1. The monoisotopic (exact) mass is 685 g/mol. The molecular formula is C32H24F5N5O5S. The standard InChI is InChI=1S/C32H24F5N5O5S/c33-25-24(26(34)28(36)29(37)27(25)35)30(45)38-19-3-1-2-18(12-19)31-46-22(13-23(47-31)17-6-4-16(14-43)5-7-17)15-48-32-39-40-41-42(32)20-8-10-21(44)11-9-20/h1-12,22-23,31,43-44H,13-15H2,(H,38,45)/t22-,23+,31+/m0/s1. The number of benzene rings is 4. The van der Waals surface area contributed by atoms with Gasteiger partial charge in [-0.1, -0.05) is 48.2 Å². The number of carbonyl (C=O) groups is 1. The molecule has 2 heterocycles. The topological polar surface area (TPSA) is 132 Å². The summed E-state index contributed by atoms with van der Waals surface area (Å²) >= 11 is 1.31. The minimum atomic E-state index is -2.37. The molecule has 0 aliphatic carbocycles. The molecule has 10 nitrogen and oxygen atoms in total. The van der Waals surface area contributed by atoms with E-state index in [1.54, 1.807) is 30.3 Å². The molecule has 3 atom stereocenters. The number of phenolic OH excluding ortho intramolecular Hbond substituents is 1. The van der Waals surface area contributed by atoms with Gasteiger partial charge >= 0.3 is 0 Å². The van der Waals surface area contributed by atoms with Gasteiger partial charge in [0.2, 0.25) is 11.0 Å². The van der Waals surface area contributed by atoms with E-state index in [4.69, 9.17) is 9.47 Å². The van der Waals surface area contributed by atoms with Crippen LogP contribution in [0, 0.1) is 29.1 Å². The number of anilines is 1. The Morgan fingerprint density at radius 3 is 2.27 bits per heavy atom. The van der Waals surface area contributed by atoms with E-state index in [0.717, 1.165) is 5.56 Å². The number of carbonyl (C=O) groups excluding carboxylic acids is 1. The number of rotatable bonds is 9. The quantitative estimate of drug-likeness (QED) is 0.0724. The molecule has 48 heavy (non-hydrogen) atoms. The Bertz CT molecular complexity index is 1920. The zero-order valence-corrected chi connectivity index (χ0v) is 25.3. The van der Waals surface area contributed by atoms with Crippen molar-refractivity contribution in [1.29, 1.82) is 0 Å². The maximum absolute atomic E-state index is 14.3. The lowest BCUT2D eigenvalue weighted by Crippen LogP contribution is -2.31. The van der Waals surface area contributed by atoms with Crippen LogP contribution in [0.3, 0.4) is 0 Å². The normalized spacial score (nSPS) is 17.8. The van der Waals surface area contributed by atoms with Gasteiger partial charge in [-0.2, -0.15) is 4.68 Å². The third kappa shape index (κ3) is 6.87. The fourth-order valence-electron chi connectivity index (χ4n) is 4.98. The number of aromatic nitrogens is 4. The molecule has 0 spiro atoms. The highest BCUT2D eigenvalue weighted by molar-refractivity contribution is 7.99. The summed E-state index contributed by atoms with van der Waals surface area (Å²) in [5.41, 5.74) is 0.846. The molecule has 4 aromatic carbocycles. The molecule has 1 aliphatic rings. The zero-order chi connectivity index (χ0) is 33.9. The minimum Gasteiger partial charge on any atom is -0.508 e. The maximum Gasteiger partial charge on any atom is 0.261 e. The van der Waals surface area contributed by atoms with Gasteiger partial charge in [-0.25, -0.2) is 22.0 Å². The molecular weight excluding hydrogens is 661 g/mol. The first-order valence-electron chi connectivity index (χ1n) is 14.3. The predicted molar refractivity (Wildman–Crippen MR) is 161 cm³/mol. The van der Waals surface area contributed by atoms with Crippen molar-refractivity contribution >= 4 is 23.4 Å². The van der Waals surface area contributed by atoms with Gasteiger partial charge < -0.3 is 25.0 Å². The van der Waals surface area contributed by atoms with E-state index in [-0.39, 0.29) is 18.0 Å². The Morgan fingerprint density at radius 2 is 1.58 bits per heavy atom. The molecule has 0 saturated carbocycles. The van der Waals surface area contributed by atoms with Crippen molar-refractivity contribution in [1.82, 2.24) is 20.2 Å². The van der Waals surface area contributed by atoms with Crippen molar-refractivity contribution in [3.8, 4) is 11.4 Å². The van der Waals surface area contributed by atoms with Gasteiger partial charge in [-0.15, -0.1) is 5.10 Å². The van der Waals surface area contributed by atoms with E-state index in [2.05, 4.69) is 20.8 Å². The number of aliphatic hydroxyl groups excluding tert-OH is 1. The van der Waals surface area contributed by atoms with Crippen LogP contribution in [0.15, 0.2) is 78.0 Å². The van der Waals surface area contributed by atoms with Crippen LogP contribution < -0.4 is 5.32 Å². The van der Waals surface area contributed by atoms with Crippen molar-refractivity contribution in [3.05, 3.63) is 124 Å². The van der Waals surface area contributed by atoms with Crippen molar-refractivity contribution in [3.63, 3.8) is 0 Å². The highest BCUT2D eigenvalue weighted by Gasteiger charge is 2.34. The van der Waals surface area contributed by atoms with E-state index < -0.39 is 59.1 Å². The number of ether oxygens (including phenoxy) is 2. The number of thioether (sulfide) groups is 1. The average Bonchev–Trinajstić information content (AvgIpc) is 3.58. The molecule has 0 unspecified atom stereocenters. The summed E-state index contributed by atoms with van der Waals surface area (Å²) in [5, 5.41) is 33.6. The van der Waals surface area contributed by atoms with Crippen LogP contribution in [0.4, 0.5) is 27.6 Å². The number of phenols is 1. The number of nitrogens with one attached hydrogen (secondary N) is 1. The van der Waals surface area contributed by atoms with Crippen LogP contribution in [0.25, 0.3) is 5.69 Å². The number of hydrogen-bond donors (Lipinski definition) is 3. The average molecular weight is 686 g/mol. The first-order chi connectivity index (χ1) is 23.1. The summed E-state index contributed by atoms with van der Waals surface area (Å²) in [6.45, 7) is -0.143. The summed E-state index contributed by atoms with van der Waals surface area (Å²) in [6, 6.07) is 19.3. The molecule has 3 N–H and O–H groups in total. The number of nitrogens with zero attached hydrogens (tertiary/aromatic N) is 4. The second-order valence-corrected chi connectivity index (χ2v) is 11.6. The van der Waals surface area contributed by atoms with Gasteiger partial charge in [0, 0.05) is 23.4 Å². The molecule has 0 radical (unpaired) electrons. The zero-order valence-electron chi connectivity index (χ0n) is 24.5. The lowest BCUT2D eigenvalue weighted by molar-refractivity contribution is -0.245. The van der Waals surface area contributed by atoms with Crippen molar-refractivity contribution in [2.45, 2.75) is 36.7 Å². The summed E-state index contributed by atoms with van der Waals surface area (Å²) in [7, 11) is 0. The van der Waals surface area contributed by atoms with Crippen LogP contribution in [0.5, 0.6) is 5.75 Å². The fraction of sp³-hybridized carbons (Fsp3) is 0.188. The van der Waals surface area contributed by atoms with E-state index in [0.29, 0.717) is 34.1 Å². The largest absolute Gasteiger partial charge is 0.508 e. The summed E-state index contributed by atoms with van der Waals surface area (Å²) in [5.74, 6) is -12.5. The van der Waals surface area contributed by atoms with Crippen molar-refractivity contribution in [2.24, 2.45) is 0 Å². The highest BCUT2D eigenvalue weighted by Crippen LogP contribution is 2.40. The molecule has 5 aromatic rings. The third-order valence-electron chi connectivity index (χ3n) is 7.40. The molecule has 1 aromatic heterocycles. The Morgan fingerprint density at radius 1 is 0.896 bits per heavy atom. The van der Waals surface area contributed by atoms with Gasteiger partial charge in [0.05, 0.1) is 24.5 Å². The highest BCUT2D eigenvalue weighted by atomic mass is 32.2. The summed E-state index contributed by atoms with van der Waals surface area (Å²) in [6.07, 6.45) is -1.57. The van der Waals surface area contributed by atoms with E-state index in [9.17, 15) is 37.0 Å². The second-order valence-electron chi connectivity index (χ2n) is 10.6. The van der Waals surface area contributed by atoms with Crippen LogP contribution in [0.1, 0.15) is 45.9 Å². The van der Waals surface area contributed by atoms with Gasteiger partial charge in [-0.05, 0) is 58.0 Å². The minimum absolute atomic E-state index is 0.0259. The molecule has 1 amide bonds. The van der Waals surface area contributed by atoms with Gasteiger partial charge in [-0.3, -0.25) is 4.79 Å². The van der Waals surface area contributed by atoms with Crippen molar-refractivity contribution < 1.29 is 46.4 Å². The van der Waals surface area contributed by atoms with Gasteiger partial charge in [0.1, 0.15) is 11.3 Å². The van der Waals surface area contributed by atoms with E-state index >= 15 is 0 Å². The lowest BCUT2D eigenvalue weighted by Gasteiger charge is -2.36. The number of aliphatic hydroxyl groups is 1. The Kier molecular flexibility index (Phi) is 9.68. The first-order valence-corrected chi connectivity index (χ1v) is 15.3. The molecule has 6 rings (SSSR count). The van der Waals surface area contributed by atoms with E-state index in [1.807, 2.05) is 12.1 Å². The molecule has 248 valence electrons. The van der Waals surface area contributed by atoms with Crippen LogP contribution in [-0.4, -0.2) is 48.2 Å². The predicted octanol–water partition coefficient (Wildman–Crippen LogP) is 6.15. The van der Waals surface area contributed by atoms with Crippen LogP contribution in [0.2, 0.25) is 0 Å². The van der Waals surface area contributed by atoms with Gasteiger partial charge in [0.25, 0.3) is 5.91 Å².